The molecule has 4 rings (SSSR count). The average Bonchev–Trinajstić information content (AvgIpc) is 3.01. The van der Waals surface area contributed by atoms with Gasteiger partial charge < -0.3 is 13.6 Å². The van der Waals surface area contributed by atoms with Crippen molar-refractivity contribution in [2.24, 2.45) is 0 Å². The monoisotopic (exact) mass is 578 g/mol. The van der Waals surface area contributed by atoms with Crippen molar-refractivity contribution < 1.29 is 53.5 Å². The number of carbonyl (C=O) groups excluding carboxylic acids is 1. The Labute approximate surface area is 170 Å². The molecule has 0 unspecified atom stereocenters. The van der Waals surface area contributed by atoms with Crippen LogP contribution in [-0.2, 0) is 4.79 Å². The first kappa shape index (κ1) is 20.0. The molecule has 0 spiro atoms. The third-order valence-corrected chi connectivity index (χ3v) is 3.44. The maximum absolute atomic E-state index is 12.3. The molecule has 128 valence electrons. The van der Waals surface area contributed by atoms with Crippen molar-refractivity contribution in [3.63, 3.8) is 0 Å². The normalized spacial score (nSPS) is 10.1. The van der Waals surface area contributed by atoms with E-state index in [0.29, 0.717) is 22.8 Å². The van der Waals surface area contributed by atoms with E-state index < -0.39 is 17.3 Å². The van der Waals surface area contributed by atoms with E-state index >= 15 is 0 Å². The Morgan fingerprint density at radius 3 is 2.46 bits per heavy atom. The Morgan fingerprint density at radius 1 is 1.00 bits per heavy atom. The Bertz CT molecular complexity index is 1130. The van der Waals surface area contributed by atoms with Crippen LogP contribution in [0, 0.1) is 49.7 Å². The first-order valence-corrected chi connectivity index (χ1v) is 7.08. The smallest absolute Gasteiger partial charge is 0.464 e. The molecule has 0 radical (unpaired) electrons. The summed E-state index contributed by atoms with van der Waals surface area (Å²) in [7, 11) is 0. The molecule has 2 aromatic heterocycles. The number of rotatable bonds is 1. The quantitative estimate of drug-likeness (QED) is 0.252. The average molecular weight is 578 g/mol. The molecule has 0 aliphatic heterocycles. The maximum atomic E-state index is 12.3. The molecule has 0 saturated heterocycles. The molecule has 7 heteroatoms. The van der Waals surface area contributed by atoms with Gasteiger partial charge in [-0.05, 0) is 12.1 Å². The second-order valence-electron chi connectivity index (χ2n) is 5.12. The maximum Gasteiger partial charge on any atom is 2.00 e. The van der Waals surface area contributed by atoms with E-state index in [2.05, 4.69) is 6.92 Å². The molecular weight excluding hydrogens is 568 g/mol. The number of halogens is 2. The predicted octanol–water partition coefficient (Wildman–Crippen LogP) is 4.14. The fourth-order valence-corrected chi connectivity index (χ4v) is 2.26. The third kappa shape index (κ3) is 4.24. The largest absolute Gasteiger partial charge is 2.00 e. The van der Waals surface area contributed by atoms with Gasteiger partial charge in [-0.15, -0.1) is 5.56 Å². The zero-order chi connectivity index (χ0) is 18.0. The Balaban J connectivity index is 0.000000195. The predicted molar refractivity (Wildman–Crippen MR) is 87.9 cm³/mol. The summed E-state index contributed by atoms with van der Waals surface area (Å²) in [5.74, 6) is -1.58. The molecule has 0 saturated carbocycles. The minimum atomic E-state index is -0.880. The first-order chi connectivity index (χ1) is 12.0. The standard InChI is InChI=1S/C12H7O3.C7H3F2O.U/c1-7-4-12(13)15-11-6-10-8(2-3-14-10)5-9(7)11;8-6-2-1-5(4-10)7(9)3-6;/h2-6H,1H2;1-3H;/q2*-1;+2. The van der Waals surface area contributed by atoms with Crippen LogP contribution in [0.1, 0.15) is 11.1 Å². The molecule has 2 aromatic carbocycles. The van der Waals surface area contributed by atoms with E-state index in [-0.39, 0.29) is 36.7 Å². The van der Waals surface area contributed by atoms with Gasteiger partial charge in [-0.3, -0.25) is 9.18 Å². The van der Waals surface area contributed by atoms with E-state index in [1.165, 1.54) is 12.4 Å². The van der Waals surface area contributed by atoms with E-state index in [1.807, 2.05) is 12.1 Å². The molecule has 0 fully saturated rings. The van der Waals surface area contributed by atoms with Crippen molar-refractivity contribution in [1.29, 1.82) is 0 Å². The molecule has 0 atom stereocenters. The Hall–Kier alpha value is -2.36. The van der Waals surface area contributed by atoms with Gasteiger partial charge in [0.2, 0.25) is 0 Å². The Kier molecular flexibility index (Phi) is 6.41. The molecule has 26 heavy (non-hydrogen) atoms. The number of hydrogen-bond donors (Lipinski definition) is 0. The van der Waals surface area contributed by atoms with Gasteiger partial charge in [0, 0.05) is 17.3 Å². The van der Waals surface area contributed by atoms with Crippen molar-refractivity contribution in [2.45, 2.75) is 0 Å². The van der Waals surface area contributed by atoms with Crippen LogP contribution in [0.25, 0.3) is 21.9 Å². The number of benzene rings is 2. The van der Waals surface area contributed by atoms with Crippen LogP contribution < -0.4 is 5.63 Å². The minimum Gasteiger partial charge on any atom is -0.464 e. The number of furan rings is 1. The van der Waals surface area contributed by atoms with Crippen LogP contribution in [-0.4, -0.2) is 6.29 Å². The fraction of sp³-hybridized carbons (Fsp3) is 0. The van der Waals surface area contributed by atoms with E-state index in [1.54, 1.807) is 12.3 Å². The molecular formula is C19H10F2O4U. The van der Waals surface area contributed by atoms with E-state index in [9.17, 15) is 18.4 Å². The van der Waals surface area contributed by atoms with Gasteiger partial charge >= 0.3 is 31.1 Å². The van der Waals surface area contributed by atoms with Crippen molar-refractivity contribution in [1.82, 2.24) is 0 Å². The molecule has 0 aliphatic rings. The van der Waals surface area contributed by atoms with Crippen molar-refractivity contribution in [3.05, 3.63) is 88.8 Å². The molecule has 0 bridgehead atoms. The molecule has 0 aliphatic carbocycles. The van der Waals surface area contributed by atoms with Gasteiger partial charge in [-0.2, -0.15) is 18.6 Å². The Morgan fingerprint density at radius 2 is 1.77 bits per heavy atom. The molecule has 0 amide bonds. The summed E-state index contributed by atoms with van der Waals surface area (Å²) in [6.07, 6.45) is 2.93. The molecule has 4 nitrogen and oxygen atoms in total. The summed E-state index contributed by atoms with van der Waals surface area (Å²) in [5.41, 5.74) is 1.25. The fourth-order valence-electron chi connectivity index (χ4n) is 2.26. The van der Waals surface area contributed by atoms with Crippen molar-refractivity contribution in [2.75, 3.05) is 0 Å². The molecule has 4 aromatic rings. The van der Waals surface area contributed by atoms with E-state index in [0.717, 1.165) is 22.9 Å². The number of hydrogen-bond acceptors (Lipinski definition) is 4. The summed E-state index contributed by atoms with van der Waals surface area (Å²) in [5, 5.41) is 1.81. The van der Waals surface area contributed by atoms with Gasteiger partial charge in [0.25, 0.3) is 5.63 Å². The summed E-state index contributed by atoms with van der Waals surface area (Å²) in [6.45, 7) is 3.81. The second-order valence-corrected chi connectivity index (χ2v) is 5.12. The van der Waals surface area contributed by atoms with Crippen LogP contribution in [0.2, 0.25) is 0 Å². The topological polar surface area (TPSA) is 60.4 Å². The number of fused-ring (bicyclic) bond motifs is 2. The minimum absolute atomic E-state index is 0. The summed E-state index contributed by atoms with van der Waals surface area (Å²) >= 11 is 0. The molecule has 2 heterocycles. The SMILES string of the molecule is O=[C-]c1ccc(F)cc1F.[CH2-]c1cc(=O)oc2cc3occc3cc12.[U+2]. The van der Waals surface area contributed by atoms with Crippen LogP contribution in [0.5, 0.6) is 0 Å². The van der Waals surface area contributed by atoms with E-state index in [4.69, 9.17) is 8.83 Å². The van der Waals surface area contributed by atoms with Crippen molar-refractivity contribution in [3.8, 4) is 0 Å². The summed E-state index contributed by atoms with van der Waals surface area (Å²) in [6, 6.07) is 9.54. The van der Waals surface area contributed by atoms with Gasteiger partial charge in [-0.25, -0.2) is 4.39 Å². The van der Waals surface area contributed by atoms with Gasteiger partial charge in [0.05, 0.1) is 18.1 Å². The van der Waals surface area contributed by atoms with Gasteiger partial charge in [-0.1, -0.05) is 23.6 Å². The van der Waals surface area contributed by atoms with Crippen LogP contribution in [0.4, 0.5) is 8.78 Å². The van der Waals surface area contributed by atoms with Crippen LogP contribution >= 0.6 is 0 Å². The van der Waals surface area contributed by atoms with Gasteiger partial charge in [0.1, 0.15) is 11.4 Å². The second kappa shape index (κ2) is 8.35. The van der Waals surface area contributed by atoms with Gasteiger partial charge in [0.15, 0.2) is 0 Å². The third-order valence-electron chi connectivity index (χ3n) is 3.44. The van der Waals surface area contributed by atoms with Crippen LogP contribution in [0.3, 0.4) is 0 Å². The van der Waals surface area contributed by atoms with Crippen molar-refractivity contribution >= 4 is 28.2 Å². The molecule has 0 N–H and O–H groups in total. The first-order valence-electron chi connectivity index (χ1n) is 7.08. The zero-order valence-corrected chi connectivity index (χ0v) is 17.4. The summed E-state index contributed by atoms with van der Waals surface area (Å²) < 4.78 is 34.7. The summed E-state index contributed by atoms with van der Waals surface area (Å²) in [4.78, 5) is 21.0. The van der Waals surface area contributed by atoms with Crippen LogP contribution in [0.15, 0.2) is 62.4 Å². The zero-order valence-electron chi connectivity index (χ0n) is 13.2.